The summed E-state index contributed by atoms with van der Waals surface area (Å²) in [6.07, 6.45) is 4.64. The minimum Gasteiger partial charge on any atom is -0.360 e. The number of para-hydroxylation sites is 2. The lowest BCUT2D eigenvalue weighted by Crippen LogP contribution is -2.26. The highest BCUT2D eigenvalue weighted by atomic mass is 16.6. The van der Waals surface area contributed by atoms with E-state index in [1.807, 2.05) is 66.7 Å². The lowest BCUT2D eigenvalue weighted by Gasteiger charge is -2.26. The number of hydrogen-bond donors (Lipinski definition) is 2. The summed E-state index contributed by atoms with van der Waals surface area (Å²) in [6.45, 7) is 0.340. The molecule has 0 aliphatic rings. The molecule has 2 N–H and O–H groups in total. The smallest absolute Gasteiger partial charge is 0.354 e. The third kappa shape index (κ3) is 4.73. The van der Waals surface area contributed by atoms with Gasteiger partial charge in [-0.1, -0.05) is 42.5 Å². The average Bonchev–Trinajstić information content (AvgIpc) is 2.83. The maximum Gasteiger partial charge on any atom is 0.354 e. The van der Waals surface area contributed by atoms with Crippen molar-refractivity contribution in [3.05, 3.63) is 107 Å². The Labute approximate surface area is 178 Å². The van der Waals surface area contributed by atoms with Crippen LogP contribution in [0.5, 0.6) is 0 Å². The SMILES string of the molecule is O=[N+]([O-])c1c(NCc2cccnc2)ncnc1NN(c1ccccc1)c1ccccc1. The summed E-state index contributed by atoms with van der Waals surface area (Å²) in [4.78, 5) is 23.7. The summed E-state index contributed by atoms with van der Waals surface area (Å²) in [5.41, 5.74) is 5.31. The van der Waals surface area contributed by atoms with Crippen molar-refractivity contribution in [2.75, 3.05) is 15.8 Å². The van der Waals surface area contributed by atoms with Crippen LogP contribution >= 0.6 is 0 Å². The van der Waals surface area contributed by atoms with Crippen LogP contribution in [-0.2, 0) is 6.54 Å². The Bertz CT molecular complexity index is 1100. The fraction of sp³-hybridized carbons (Fsp3) is 0.0455. The molecule has 0 aliphatic heterocycles. The average molecular weight is 413 g/mol. The third-order valence-corrected chi connectivity index (χ3v) is 4.43. The van der Waals surface area contributed by atoms with E-state index in [1.165, 1.54) is 6.33 Å². The van der Waals surface area contributed by atoms with Gasteiger partial charge < -0.3 is 5.32 Å². The molecule has 0 amide bonds. The normalized spacial score (nSPS) is 10.3. The predicted molar refractivity (Wildman–Crippen MR) is 119 cm³/mol. The first-order valence-electron chi connectivity index (χ1n) is 9.51. The molecule has 0 atom stereocenters. The van der Waals surface area contributed by atoms with Crippen molar-refractivity contribution in [1.82, 2.24) is 15.0 Å². The maximum atomic E-state index is 11.9. The minimum absolute atomic E-state index is 0.0707. The van der Waals surface area contributed by atoms with Gasteiger partial charge in [0.1, 0.15) is 6.33 Å². The molecular weight excluding hydrogens is 394 g/mol. The van der Waals surface area contributed by atoms with Gasteiger partial charge in [0.15, 0.2) is 0 Å². The lowest BCUT2D eigenvalue weighted by molar-refractivity contribution is -0.383. The Kier molecular flexibility index (Phi) is 5.94. The Hall–Kier alpha value is -4.53. The first-order chi connectivity index (χ1) is 15.2. The molecule has 4 rings (SSSR count). The van der Waals surface area contributed by atoms with E-state index in [9.17, 15) is 10.1 Å². The van der Waals surface area contributed by atoms with Gasteiger partial charge in [-0.3, -0.25) is 25.5 Å². The highest BCUT2D eigenvalue weighted by Crippen LogP contribution is 2.32. The predicted octanol–water partition coefficient (Wildman–Crippen LogP) is 4.56. The molecular formula is C22H19N7O2. The summed E-state index contributed by atoms with van der Waals surface area (Å²) < 4.78 is 0. The second kappa shape index (κ2) is 9.31. The van der Waals surface area contributed by atoms with Crippen LogP contribution in [0.2, 0.25) is 0 Å². The highest BCUT2D eigenvalue weighted by molar-refractivity contribution is 5.74. The van der Waals surface area contributed by atoms with E-state index in [0.717, 1.165) is 16.9 Å². The molecule has 4 aromatic rings. The summed E-state index contributed by atoms with van der Waals surface area (Å²) in [5.74, 6) is 0.189. The van der Waals surface area contributed by atoms with Crippen molar-refractivity contribution in [3.63, 3.8) is 0 Å². The first-order valence-corrected chi connectivity index (χ1v) is 9.51. The molecule has 2 aromatic heterocycles. The van der Waals surface area contributed by atoms with Gasteiger partial charge in [0.25, 0.3) is 0 Å². The monoisotopic (exact) mass is 413 g/mol. The zero-order valence-electron chi connectivity index (χ0n) is 16.4. The van der Waals surface area contributed by atoms with Crippen LogP contribution < -0.4 is 15.8 Å². The molecule has 9 nitrogen and oxygen atoms in total. The summed E-state index contributed by atoms with van der Waals surface area (Å²) >= 11 is 0. The Morgan fingerprint density at radius 1 is 0.871 bits per heavy atom. The van der Waals surface area contributed by atoms with Gasteiger partial charge in [0.05, 0.1) is 16.3 Å². The second-order valence-electron chi connectivity index (χ2n) is 6.51. The molecule has 0 aliphatic carbocycles. The molecule has 9 heteroatoms. The van der Waals surface area contributed by atoms with Crippen LogP contribution in [0.1, 0.15) is 5.56 Å². The van der Waals surface area contributed by atoms with Crippen LogP contribution in [0.15, 0.2) is 91.5 Å². The van der Waals surface area contributed by atoms with E-state index in [2.05, 4.69) is 25.7 Å². The van der Waals surface area contributed by atoms with Gasteiger partial charge in [-0.15, -0.1) is 0 Å². The largest absolute Gasteiger partial charge is 0.360 e. The number of hydrazine groups is 1. The number of hydrogen-bond acceptors (Lipinski definition) is 8. The molecule has 0 fully saturated rings. The van der Waals surface area contributed by atoms with Crippen molar-refractivity contribution in [2.45, 2.75) is 6.54 Å². The van der Waals surface area contributed by atoms with Crippen LogP contribution in [0, 0.1) is 10.1 Å². The quantitative estimate of drug-likeness (QED) is 0.320. The fourth-order valence-electron chi connectivity index (χ4n) is 2.99. The van der Waals surface area contributed by atoms with Crippen molar-refractivity contribution >= 4 is 28.7 Å². The number of rotatable bonds is 8. The number of nitrogens with one attached hydrogen (secondary N) is 2. The molecule has 154 valence electrons. The maximum absolute atomic E-state index is 11.9. The Morgan fingerprint density at radius 2 is 1.52 bits per heavy atom. The minimum atomic E-state index is -0.498. The lowest BCUT2D eigenvalue weighted by atomic mass is 10.2. The van der Waals surface area contributed by atoms with Gasteiger partial charge in [-0.2, -0.15) is 0 Å². The summed E-state index contributed by atoms with van der Waals surface area (Å²) in [5, 5.41) is 16.7. The van der Waals surface area contributed by atoms with Gasteiger partial charge >= 0.3 is 5.69 Å². The molecule has 0 saturated carbocycles. The molecule has 2 aromatic carbocycles. The fourth-order valence-corrected chi connectivity index (χ4v) is 2.99. The summed E-state index contributed by atoms with van der Waals surface area (Å²) in [7, 11) is 0. The van der Waals surface area contributed by atoms with Crippen LogP contribution in [0.25, 0.3) is 0 Å². The third-order valence-electron chi connectivity index (χ3n) is 4.43. The van der Waals surface area contributed by atoms with E-state index >= 15 is 0 Å². The molecule has 0 radical (unpaired) electrons. The van der Waals surface area contributed by atoms with E-state index in [0.29, 0.717) is 6.54 Å². The van der Waals surface area contributed by atoms with Gasteiger partial charge in [-0.25, -0.2) is 9.97 Å². The zero-order chi connectivity index (χ0) is 21.5. The van der Waals surface area contributed by atoms with Crippen molar-refractivity contribution in [1.29, 1.82) is 0 Å². The molecule has 0 unspecified atom stereocenters. The summed E-state index contributed by atoms with van der Waals surface area (Å²) in [6, 6.07) is 22.6. The number of nitro groups is 1. The van der Waals surface area contributed by atoms with Gasteiger partial charge in [-0.05, 0) is 35.9 Å². The van der Waals surface area contributed by atoms with E-state index in [-0.39, 0.29) is 17.3 Å². The van der Waals surface area contributed by atoms with Crippen molar-refractivity contribution in [3.8, 4) is 0 Å². The van der Waals surface area contributed by atoms with Crippen LogP contribution in [0.3, 0.4) is 0 Å². The number of anilines is 4. The molecule has 31 heavy (non-hydrogen) atoms. The second-order valence-corrected chi connectivity index (χ2v) is 6.51. The molecule has 2 heterocycles. The first kappa shape index (κ1) is 19.8. The topological polar surface area (TPSA) is 109 Å². The molecule has 0 bridgehead atoms. The van der Waals surface area contributed by atoms with Crippen LogP contribution in [-0.4, -0.2) is 19.9 Å². The van der Waals surface area contributed by atoms with E-state index in [1.54, 1.807) is 23.5 Å². The van der Waals surface area contributed by atoms with E-state index < -0.39 is 4.92 Å². The number of nitrogens with zero attached hydrogens (tertiary/aromatic N) is 5. The van der Waals surface area contributed by atoms with E-state index in [4.69, 9.17) is 0 Å². The Morgan fingerprint density at radius 3 is 2.10 bits per heavy atom. The highest BCUT2D eigenvalue weighted by Gasteiger charge is 2.25. The number of benzene rings is 2. The van der Waals surface area contributed by atoms with Crippen LogP contribution in [0.4, 0.5) is 28.7 Å². The van der Waals surface area contributed by atoms with Gasteiger partial charge in [0, 0.05) is 18.9 Å². The molecule has 0 saturated heterocycles. The Balaban J connectivity index is 1.68. The standard InChI is InChI=1S/C22H19N7O2/c30-29(31)20-21(24-15-17-8-7-13-23-14-17)25-16-26-22(20)27-28(18-9-3-1-4-10-18)19-11-5-2-6-12-19/h1-14,16H,15H2,(H2,24,25,26,27). The number of aromatic nitrogens is 3. The van der Waals surface area contributed by atoms with Gasteiger partial charge in [0.2, 0.25) is 11.6 Å². The van der Waals surface area contributed by atoms with Crippen molar-refractivity contribution < 1.29 is 4.92 Å². The van der Waals surface area contributed by atoms with Crippen molar-refractivity contribution in [2.24, 2.45) is 0 Å². The molecule has 0 spiro atoms. The number of pyridine rings is 1. The zero-order valence-corrected chi connectivity index (χ0v) is 16.4.